The van der Waals surface area contributed by atoms with E-state index in [4.69, 9.17) is 0 Å². The first kappa shape index (κ1) is 13.7. The molecule has 0 spiro atoms. The highest BCUT2D eigenvalue weighted by atomic mass is 16.3. The molecule has 0 aliphatic heterocycles. The maximum Gasteiger partial charge on any atom is 0.119 e. The van der Waals surface area contributed by atoms with E-state index in [1.165, 1.54) is 27.8 Å². The fourth-order valence-electron chi connectivity index (χ4n) is 2.48. The Kier molecular flexibility index (Phi) is 3.66. The van der Waals surface area contributed by atoms with Gasteiger partial charge in [0.25, 0.3) is 0 Å². The fraction of sp³-hybridized carbons (Fsp3) is 0.333. The number of rotatable bonds is 2. The lowest BCUT2D eigenvalue weighted by Crippen LogP contribution is -1.95. The Morgan fingerprint density at radius 3 is 1.58 bits per heavy atom. The van der Waals surface area contributed by atoms with Crippen LogP contribution in [0.15, 0.2) is 24.3 Å². The predicted molar refractivity (Wildman–Crippen MR) is 81.0 cm³/mol. The Morgan fingerprint density at radius 1 is 0.684 bits per heavy atom. The van der Waals surface area contributed by atoms with Gasteiger partial charge in [0.2, 0.25) is 0 Å². The lowest BCUT2D eigenvalue weighted by molar-refractivity contribution is 0.470. The summed E-state index contributed by atoms with van der Waals surface area (Å²) >= 11 is 0. The summed E-state index contributed by atoms with van der Waals surface area (Å²) in [5, 5.41) is 9.91. The van der Waals surface area contributed by atoms with Crippen LogP contribution in [0.3, 0.4) is 0 Å². The van der Waals surface area contributed by atoms with E-state index >= 15 is 0 Å². The molecule has 0 unspecified atom stereocenters. The smallest absolute Gasteiger partial charge is 0.119 e. The van der Waals surface area contributed by atoms with Gasteiger partial charge >= 0.3 is 0 Å². The molecule has 1 heteroatoms. The van der Waals surface area contributed by atoms with Gasteiger partial charge in [-0.3, -0.25) is 0 Å². The van der Waals surface area contributed by atoms with Gasteiger partial charge in [0.15, 0.2) is 0 Å². The quantitative estimate of drug-likeness (QED) is 0.835. The molecule has 2 aromatic rings. The maximum atomic E-state index is 9.91. The van der Waals surface area contributed by atoms with Gasteiger partial charge in [0.05, 0.1) is 0 Å². The molecular weight excluding hydrogens is 232 g/mol. The SMILES string of the molecule is Cc1cc(Cc2cc(C)c(C)c(O)c2)cc(C)c1C. The summed E-state index contributed by atoms with van der Waals surface area (Å²) in [6.07, 6.45) is 0.872. The molecular formula is C18H22O. The third-order valence-corrected chi connectivity index (χ3v) is 4.09. The average Bonchev–Trinajstić information content (AvgIpc) is 2.33. The highest BCUT2D eigenvalue weighted by Gasteiger charge is 2.06. The van der Waals surface area contributed by atoms with Gasteiger partial charge in [-0.05, 0) is 86.1 Å². The van der Waals surface area contributed by atoms with Crippen LogP contribution in [0, 0.1) is 34.6 Å². The van der Waals surface area contributed by atoms with E-state index in [-0.39, 0.29) is 0 Å². The lowest BCUT2D eigenvalue weighted by Gasteiger charge is -2.11. The third-order valence-electron chi connectivity index (χ3n) is 4.09. The molecule has 1 N–H and O–H groups in total. The van der Waals surface area contributed by atoms with E-state index < -0.39 is 0 Å². The first-order valence-electron chi connectivity index (χ1n) is 6.74. The van der Waals surface area contributed by atoms with Crippen molar-refractivity contribution in [2.75, 3.05) is 0 Å². The van der Waals surface area contributed by atoms with Crippen molar-refractivity contribution in [3.05, 3.63) is 63.2 Å². The molecule has 0 aromatic heterocycles. The Balaban J connectivity index is 2.36. The van der Waals surface area contributed by atoms with Crippen molar-refractivity contribution in [2.24, 2.45) is 0 Å². The Labute approximate surface area is 115 Å². The van der Waals surface area contributed by atoms with Crippen LogP contribution in [-0.2, 0) is 6.42 Å². The largest absolute Gasteiger partial charge is 0.508 e. The molecule has 0 atom stereocenters. The van der Waals surface area contributed by atoms with E-state index in [9.17, 15) is 5.11 Å². The first-order chi connectivity index (χ1) is 8.88. The third kappa shape index (κ3) is 2.81. The van der Waals surface area contributed by atoms with Gasteiger partial charge < -0.3 is 5.11 Å². The molecule has 0 bridgehead atoms. The second-order valence-electron chi connectivity index (χ2n) is 5.59. The lowest BCUT2D eigenvalue weighted by atomic mass is 9.95. The van der Waals surface area contributed by atoms with Gasteiger partial charge in [0, 0.05) is 0 Å². The fourth-order valence-corrected chi connectivity index (χ4v) is 2.48. The summed E-state index contributed by atoms with van der Waals surface area (Å²) in [5.74, 6) is 0.399. The van der Waals surface area contributed by atoms with E-state index in [2.05, 4.69) is 39.0 Å². The monoisotopic (exact) mass is 254 g/mol. The van der Waals surface area contributed by atoms with Crippen LogP contribution < -0.4 is 0 Å². The zero-order valence-corrected chi connectivity index (χ0v) is 12.5. The molecule has 0 fully saturated rings. The van der Waals surface area contributed by atoms with E-state index in [0.29, 0.717) is 5.75 Å². The van der Waals surface area contributed by atoms with Crippen molar-refractivity contribution < 1.29 is 5.11 Å². The Hall–Kier alpha value is -1.76. The maximum absolute atomic E-state index is 9.91. The minimum Gasteiger partial charge on any atom is -0.508 e. The zero-order chi connectivity index (χ0) is 14.2. The normalized spacial score (nSPS) is 10.8. The van der Waals surface area contributed by atoms with Gasteiger partial charge in [-0.25, -0.2) is 0 Å². The molecule has 0 heterocycles. The molecule has 0 aliphatic rings. The molecule has 2 aromatic carbocycles. The summed E-state index contributed by atoms with van der Waals surface area (Å²) in [7, 11) is 0. The van der Waals surface area contributed by atoms with Gasteiger partial charge in [-0.15, -0.1) is 0 Å². The van der Waals surface area contributed by atoms with Crippen molar-refractivity contribution in [1.29, 1.82) is 0 Å². The molecule has 0 saturated carbocycles. The van der Waals surface area contributed by atoms with Gasteiger partial charge in [-0.1, -0.05) is 18.2 Å². The number of aryl methyl sites for hydroxylation is 3. The minimum atomic E-state index is 0.399. The highest BCUT2D eigenvalue weighted by Crippen LogP contribution is 2.24. The summed E-state index contributed by atoms with van der Waals surface area (Å²) in [6.45, 7) is 10.5. The van der Waals surface area contributed by atoms with E-state index in [1.54, 1.807) is 0 Å². The second kappa shape index (κ2) is 5.08. The second-order valence-corrected chi connectivity index (χ2v) is 5.59. The molecule has 0 aliphatic carbocycles. The molecule has 19 heavy (non-hydrogen) atoms. The molecule has 0 saturated heterocycles. The van der Waals surface area contributed by atoms with Crippen LogP contribution in [0.4, 0.5) is 0 Å². The standard InChI is InChI=1S/C18H22O/c1-11-6-16(7-12(2)14(11)4)9-17-8-13(3)15(5)18(19)10-17/h6-8,10,19H,9H2,1-5H3. The van der Waals surface area contributed by atoms with Crippen LogP contribution in [0.25, 0.3) is 0 Å². The number of phenolic OH excluding ortho intramolecular Hbond substituents is 1. The average molecular weight is 254 g/mol. The highest BCUT2D eigenvalue weighted by molar-refractivity contribution is 5.44. The molecule has 0 amide bonds. The van der Waals surface area contributed by atoms with Crippen molar-refractivity contribution in [1.82, 2.24) is 0 Å². The summed E-state index contributed by atoms with van der Waals surface area (Å²) in [5.41, 5.74) is 8.64. The number of benzene rings is 2. The topological polar surface area (TPSA) is 20.2 Å². The Morgan fingerprint density at radius 2 is 1.11 bits per heavy atom. The molecule has 100 valence electrons. The Bertz CT molecular complexity index is 522. The minimum absolute atomic E-state index is 0.399. The summed E-state index contributed by atoms with van der Waals surface area (Å²) in [6, 6.07) is 8.54. The van der Waals surface area contributed by atoms with E-state index in [0.717, 1.165) is 17.5 Å². The predicted octanol–water partition coefficient (Wildman–Crippen LogP) is 4.53. The summed E-state index contributed by atoms with van der Waals surface area (Å²) < 4.78 is 0. The van der Waals surface area contributed by atoms with Crippen LogP contribution >= 0.6 is 0 Å². The van der Waals surface area contributed by atoms with Crippen LogP contribution in [-0.4, -0.2) is 5.11 Å². The first-order valence-corrected chi connectivity index (χ1v) is 6.74. The van der Waals surface area contributed by atoms with Crippen molar-refractivity contribution in [3.63, 3.8) is 0 Å². The van der Waals surface area contributed by atoms with Crippen molar-refractivity contribution in [3.8, 4) is 5.75 Å². The number of hydrogen-bond acceptors (Lipinski definition) is 1. The van der Waals surface area contributed by atoms with E-state index in [1.807, 2.05) is 19.9 Å². The van der Waals surface area contributed by atoms with Crippen molar-refractivity contribution >= 4 is 0 Å². The van der Waals surface area contributed by atoms with Crippen LogP contribution in [0.2, 0.25) is 0 Å². The van der Waals surface area contributed by atoms with Gasteiger partial charge in [0.1, 0.15) is 5.75 Å². The van der Waals surface area contributed by atoms with Gasteiger partial charge in [-0.2, -0.15) is 0 Å². The molecule has 2 rings (SSSR count). The number of hydrogen-bond donors (Lipinski definition) is 1. The van der Waals surface area contributed by atoms with Crippen LogP contribution in [0.1, 0.15) is 38.9 Å². The molecule has 1 nitrogen and oxygen atoms in total. The number of phenols is 1. The summed E-state index contributed by atoms with van der Waals surface area (Å²) in [4.78, 5) is 0. The number of aromatic hydroxyl groups is 1. The van der Waals surface area contributed by atoms with Crippen molar-refractivity contribution in [2.45, 2.75) is 41.0 Å². The van der Waals surface area contributed by atoms with Crippen LogP contribution in [0.5, 0.6) is 5.75 Å². The molecule has 0 radical (unpaired) electrons. The zero-order valence-electron chi connectivity index (χ0n) is 12.5.